The molecular weight excluding hydrogens is 366 g/mol. The first kappa shape index (κ1) is 17.8. The molecular formula is C15H16N3O5S2+. The molecule has 1 saturated carbocycles. The molecule has 1 unspecified atom stereocenters. The van der Waals surface area contributed by atoms with Gasteiger partial charge in [0.05, 0.1) is 12.0 Å². The van der Waals surface area contributed by atoms with Crippen molar-refractivity contribution in [1.82, 2.24) is 5.43 Å². The van der Waals surface area contributed by atoms with Gasteiger partial charge in [0.15, 0.2) is 5.37 Å². The lowest BCUT2D eigenvalue weighted by atomic mass is 10.1. The van der Waals surface area contributed by atoms with Crippen LogP contribution in [0.2, 0.25) is 0 Å². The van der Waals surface area contributed by atoms with Gasteiger partial charge in [-0.1, -0.05) is 24.0 Å². The molecule has 4 atom stereocenters. The third-order valence-corrected chi connectivity index (χ3v) is 6.32. The predicted octanol–water partition coefficient (Wildman–Crippen LogP) is 0.700. The summed E-state index contributed by atoms with van der Waals surface area (Å²) in [7, 11) is 0. The highest BCUT2D eigenvalue weighted by atomic mass is 32.2. The molecule has 2 heterocycles. The van der Waals surface area contributed by atoms with Gasteiger partial charge in [0.2, 0.25) is 0 Å². The monoisotopic (exact) mass is 382 g/mol. The molecule has 10 heteroatoms. The molecule has 3 rings (SSSR count). The average molecular weight is 382 g/mol. The van der Waals surface area contributed by atoms with Crippen LogP contribution in [0.1, 0.15) is 19.8 Å². The summed E-state index contributed by atoms with van der Waals surface area (Å²) in [6, 6.07) is 2.13. The maximum absolute atomic E-state index is 12.5. The molecule has 2 N–H and O–H groups in total. The molecule has 0 radical (unpaired) electrons. The zero-order valence-corrected chi connectivity index (χ0v) is 15.0. The summed E-state index contributed by atoms with van der Waals surface area (Å²) in [5.41, 5.74) is 3.17. The second kappa shape index (κ2) is 6.40. The second-order valence-corrected chi connectivity index (χ2v) is 7.78. The lowest BCUT2D eigenvalue weighted by Gasteiger charge is -2.49. The zero-order chi connectivity index (χ0) is 18.4. The Kier molecular flexibility index (Phi) is 4.57. The number of carbonyl (C=O) groups excluding carboxylic acids is 2. The van der Waals surface area contributed by atoms with Crippen molar-refractivity contribution in [2.45, 2.75) is 25.1 Å². The van der Waals surface area contributed by atoms with Gasteiger partial charge < -0.3 is 9.84 Å². The van der Waals surface area contributed by atoms with Crippen molar-refractivity contribution >= 4 is 46.8 Å². The summed E-state index contributed by atoms with van der Waals surface area (Å²) in [6.07, 6.45) is 0.852. The van der Waals surface area contributed by atoms with Gasteiger partial charge in [-0.05, 0) is 6.42 Å². The zero-order valence-electron chi connectivity index (χ0n) is 13.4. The van der Waals surface area contributed by atoms with Gasteiger partial charge in [0.1, 0.15) is 18.0 Å². The number of nitrogens with zero attached hydrogens (tertiary/aromatic N) is 2. The number of thiocarbonyl (C=S) groups is 1. The van der Waals surface area contributed by atoms with Crippen LogP contribution in [0.25, 0.3) is 0 Å². The Morgan fingerprint density at radius 1 is 1.56 bits per heavy atom. The van der Waals surface area contributed by atoms with Crippen molar-refractivity contribution in [3.05, 3.63) is 11.3 Å². The van der Waals surface area contributed by atoms with Crippen LogP contribution in [-0.4, -0.2) is 50.3 Å². The Labute approximate surface area is 153 Å². The number of hydrogen-bond donors (Lipinski definition) is 2. The summed E-state index contributed by atoms with van der Waals surface area (Å²) < 4.78 is 4.39. The van der Waals surface area contributed by atoms with Crippen LogP contribution in [0.3, 0.4) is 0 Å². The minimum Gasteiger partial charge on any atom is -0.474 e. The van der Waals surface area contributed by atoms with Crippen LogP contribution in [0, 0.1) is 23.2 Å². The minimum atomic E-state index is -1.25. The number of rotatable bonds is 5. The molecule has 0 aromatic rings. The van der Waals surface area contributed by atoms with Crippen molar-refractivity contribution in [3.63, 3.8) is 0 Å². The largest absolute Gasteiger partial charge is 0.474 e. The quantitative estimate of drug-likeness (QED) is 0.307. The van der Waals surface area contributed by atoms with Crippen LogP contribution in [-0.2, 0) is 19.1 Å². The number of carboxylic acids is 1. The van der Waals surface area contributed by atoms with E-state index in [0.29, 0.717) is 22.7 Å². The highest BCUT2D eigenvalue weighted by Gasteiger charge is 2.66. The van der Waals surface area contributed by atoms with Gasteiger partial charge in [0, 0.05) is 24.2 Å². The van der Waals surface area contributed by atoms with Gasteiger partial charge in [0.25, 0.3) is 5.70 Å². The summed E-state index contributed by atoms with van der Waals surface area (Å²) in [5.74, 6) is -2.05. The van der Waals surface area contributed by atoms with E-state index >= 15 is 0 Å². The number of nitriles is 1. The molecule has 0 aromatic heterocycles. The van der Waals surface area contributed by atoms with Crippen LogP contribution in [0.5, 0.6) is 0 Å². The molecule has 1 amide bonds. The molecule has 2 aliphatic heterocycles. The first-order chi connectivity index (χ1) is 11.8. The number of fused-ring (bicyclic) bond motifs is 1. The van der Waals surface area contributed by atoms with E-state index in [2.05, 4.69) is 11.5 Å². The number of amides is 1. The fourth-order valence-electron chi connectivity index (χ4n) is 3.11. The Balaban J connectivity index is 1.94. The summed E-state index contributed by atoms with van der Waals surface area (Å²) in [5, 5.41) is 18.4. The molecule has 2 fully saturated rings. The topological polar surface area (TPSA) is 116 Å². The maximum atomic E-state index is 12.5. The normalized spacial score (nSPS) is 32.8. The first-order valence-electron chi connectivity index (χ1n) is 7.66. The molecule has 1 saturated heterocycles. The Hall–Kier alpha value is -1.96. The van der Waals surface area contributed by atoms with Gasteiger partial charge in [-0.3, -0.25) is 4.79 Å². The Morgan fingerprint density at radius 2 is 2.28 bits per heavy atom. The van der Waals surface area contributed by atoms with Crippen molar-refractivity contribution in [1.29, 1.82) is 5.26 Å². The third-order valence-electron chi connectivity index (χ3n) is 4.54. The SMILES string of the molecule is CC(=O)OCC1=C(C(=O)O)[N+]2(NC(=S)[C@H]3C[C@H]3C#N)C(=O)C[C@H]2SC1. The lowest BCUT2D eigenvalue weighted by molar-refractivity contribution is -0.885. The van der Waals surface area contributed by atoms with Crippen molar-refractivity contribution in [2.75, 3.05) is 12.4 Å². The summed E-state index contributed by atoms with van der Waals surface area (Å²) >= 11 is 6.75. The summed E-state index contributed by atoms with van der Waals surface area (Å²) in [4.78, 5) is 35.8. The number of aliphatic carboxylic acids is 1. The van der Waals surface area contributed by atoms with Crippen molar-refractivity contribution in [3.8, 4) is 6.07 Å². The van der Waals surface area contributed by atoms with E-state index in [-0.39, 0.29) is 41.8 Å². The fourth-order valence-corrected chi connectivity index (χ4v) is 4.89. The molecule has 0 bridgehead atoms. The first-order valence-corrected chi connectivity index (χ1v) is 9.11. The molecule has 0 spiro atoms. The number of nitrogens with one attached hydrogen (secondary N) is 1. The van der Waals surface area contributed by atoms with E-state index < -0.39 is 16.5 Å². The number of carbonyl (C=O) groups is 3. The Morgan fingerprint density at radius 3 is 2.80 bits per heavy atom. The van der Waals surface area contributed by atoms with Gasteiger partial charge >= 0.3 is 17.8 Å². The number of hydrogen-bond acceptors (Lipinski definition) is 7. The van der Waals surface area contributed by atoms with E-state index in [4.69, 9.17) is 22.2 Å². The van der Waals surface area contributed by atoms with Gasteiger partial charge in [-0.2, -0.15) is 5.26 Å². The second-order valence-electron chi connectivity index (χ2n) is 6.18. The number of thioether (sulfide) groups is 1. The van der Waals surface area contributed by atoms with E-state index in [1.807, 2.05) is 0 Å². The Bertz CT molecular complexity index is 759. The van der Waals surface area contributed by atoms with Crippen LogP contribution in [0.4, 0.5) is 0 Å². The van der Waals surface area contributed by atoms with Gasteiger partial charge in [-0.15, -0.1) is 4.59 Å². The lowest BCUT2D eigenvalue weighted by Crippen LogP contribution is -2.76. The molecule has 0 aromatic carbocycles. The number of ether oxygens (including phenoxy) is 1. The number of β-lactam (4-membered cyclic amide) rings is 1. The number of carboxylic acid groups (broad SMARTS) is 1. The maximum Gasteiger partial charge on any atom is 0.393 e. The molecule has 132 valence electrons. The van der Waals surface area contributed by atoms with E-state index in [1.54, 1.807) is 0 Å². The number of esters is 1. The van der Waals surface area contributed by atoms with Crippen LogP contribution in [0.15, 0.2) is 11.3 Å². The highest BCUT2D eigenvalue weighted by molar-refractivity contribution is 8.00. The third kappa shape index (κ3) is 2.92. The van der Waals surface area contributed by atoms with Crippen molar-refractivity contribution < 1.29 is 28.8 Å². The van der Waals surface area contributed by atoms with E-state index in [0.717, 1.165) is 0 Å². The van der Waals surface area contributed by atoms with Crippen LogP contribution < -0.4 is 5.43 Å². The molecule has 25 heavy (non-hydrogen) atoms. The highest BCUT2D eigenvalue weighted by Crippen LogP contribution is 2.47. The smallest absolute Gasteiger partial charge is 0.393 e. The predicted molar refractivity (Wildman–Crippen MR) is 90.4 cm³/mol. The molecule has 3 aliphatic rings. The van der Waals surface area contributed by atoms with E-state index in [9.17, 15) is 19.5 Å². The summed E-state index contributed by atoms with van der Waals surface area (Å²) in [6.45, 7) is 1.06. The molecule has 8 nitrogen and oxygen atoms in total. The van der Waals surface area contributed by atoms with Crippen molar-refractivity contribution in [2.24, 2.45) is 11.8 Å². The average Bonchev–Trinajstić information content (AvgIpc) is 3.33. The van der Waals surface area contributed by atoms with Crippen LogP contribution >= 0.6 is 24.0 Å². The van der Waals surface area contributed by atoms with E-state index in [1.165, 1.54) is 18.7 Å². The number of quaternary nitrogens is 1. The van der Waals surface area contributed by atoms with Gasteiger partial charge in [-0.25, -0.2) is 15.0 Å². The molecule has 1 aliphatic carbocycles. The standard InChI is InChI=1S/C15H15N3O5S2/c1-7(19)23-5-9-6-25-12-3-11(20)18(12,13(9)15(21)22)17-14(24)10-2-8(10)4-16/h8,10,12H,2-3,5-6H2,1H3,(H-,17,21,22,24)/p+1/t8-,10-,12+,18?/m0/s1. The minimum absolute atomic E-state index is 0.127. The fraction of sp³-hybridized carbons (Fsp3) is 0.533.